The second kappa shape index (κ2) is 7.43. The number of pyridine rings is 1. The largest absolute Gasteiger partial charge is 0.351 e. The van der Waals surface area contributed by atoms with Crippen molar-refractivity contribution in [1.29, 1.82) is 0 Å². The van der Waals surface area contributed by atoms with Crippen molar-refractivity contribution in [2.75, 3.05) is 13.1 Å². The molecular weight excluding hydrogens is 270 g/mol. The van der Waals surface area contributed by atoms with Crippen LogP contribution in [0.25, 0.3) is 0 Å². The highest BCUT2D eigenvalue weighted by atomic mass is 32.1. The molecule has 0 radical (unpaired) electrons. The quantitative estimate of drug-likeness (QED) is 0.835. The summed E-state index contributed by atoms with van der Waals surface area (Å²) in [6.45, 7) is 0.865. The molecule has 0 aliphatic heterocycles. The lowest BCUT2D eigenvalue weighted by Crippen LogP contribution is -2.25. The molecular formula is C15H15N3OS. The molecule has 0 aliphatic carbocycles. The van der Waals surface area contributed by atoms with E-state index in [1.54, 1.807) is 12.4 Å². The van der Waals surface area contributed by atoms with Crippen LogP contribution in [0.15, 0.2) is 36.0 Å². The first-order chi connectivity index (χ1) is 9.81. The Morgan fingerprint density at radius 2 is 2.35 bits per heavy atom. The highest BCUT2D eigenvalue weighted by Gasteiger charge is 2.11. The Morgan fingerprint density at radius 3 is 3.10 bits per heavy atom. The third kappa shape index (κ3) is 3.92. The normalized spacial score (nSPS) is 9.65. The zero-order valence-corrected chi connectivity index (χ0v) is 11.7. The van der Waals surface area contributed by atoms with Crippen LogP contribution in [-0.2, 0) is 6.42 Å². The van der Waals surface area contributed by atoms with Crippen molar-refractivity contribution >= 4 is 17.2 Å². The summed E-state index contributed by atoms with van der Waals surface area (Å²) in [6, 6.07) is 5.71. The molecule has 2 aromatic heterocycles. The molecule has 4 nitrogen and oxygen atoms in total. The highest BCUT2D eigenvalue weighted by molar-refractivity contribution is 7.12. The van der Waals surface area contributed by atoms with Gasteiger partial charge in [-0.2, -0.15) is 0 Å². The summed E-state index contributed by atoms with van der Waals surface area (Å²) in [7, 11) is 0. The van der Waals surface area contributed by atoms with Crippen LogP contribution < -0.4 is 11.1 Å². The number of carbonyl (C=O) groups excluding carboxylic acids is 1. The number of nitrogens with one attached hydrogen (secondary N) is 1. The van der Waals surface area contributed by atoms with Gasteiger partial charge in [0.05, 0.1) is 6.54 Å². The molecule has 1 amide bonds. The van der Waals surface area contributed by atoms with E-state index in [4.69, 9.17) is 5.73 Å². The van der Waals surface area contributed by atoms with Gasteiger partial charge in [-0.25, -0.2) is 0 Å². The Morgan fingerprint density at radius 1 is 1.45 bits per heavy atom. The van der Waals surface area contributed by atoms with Crippen LogP contribution in [0, 0.1) is 11.8 Å². The van der Waals surface area contributed by atoms with Gasteiger partial charge in [-0.05, 0) is 29.5 Å². The summed E-state index contributed by atoms with van der Waals surface area (Å²) < 4.78 is 0. The van der Waals surface area contributed by atoms with Gasteiger partial charge in [0.25, 0.3) is 5.91 Å². The predicted octanol–water partition coefficient (Wildman–Crippen LogP) is 1.43. The average Bonchev–Trinajstić information content (AvgIpc) is 2.94. The molecule has 2 aromatic rings. The molecule has 0 spiro atoms. The van der Waals surface area contributed by atoms with Crippen molar-refractivity contribution in [3.63, 3.8) is 0 Å². The lowest BCUT2D eigenvalue weighted by Gasteiger charge is -2.04. The number of hydrogen-bond donors (Lipinski definition) is 2. The molecule has 0 aliphatic rings. The van der Waals surface area contributed by atoms with Crippen LogP contribution in [0.5, 0.6) is 0 Å². The van der Waals surface area contributed by atoms with Gasteiger partial charge in [0, 0.05) is 24.5 Å². The first kappa shape index (κ1) is 14.3. The highest BCUT2D eigenvalue weighted by Crippen LogP contribution is 2.15. The number of aromatic nitrogens is 1. The van der Waals surface area contributed by atoms with Crippen molar-refractivity contribution in [3.05, 3.63) is 52.0 Å². The number of hydrogen-bond acceptors (Lipinski definition) is 4. The van der Waals surface area contributed by atoms with Crippen LogP contribution in [0.3, 0.4) is 0 Å². The lowest BCUT2D eigenvalue weighted by atomic mass is 10.2. The number of nitrogens with zero attached hydrogens (tertiary/aromatic N) is 1. The van der Waals surface area contributed by atoms with Crippen LogP contribution in [0.1, 0.15) is 20.8 Å². The van der Waals surface area contributed by atoms with Crippen molar-refractivity contribution in [3.8, 4) is 11.8 Å². The monoisotopic (exact) mass is 285 g/mol. The van der Waals surface area contributed by atoms with E-state index in [2.05, 4.69) is 22.1 Å². The van der Waals surface area contributed by atoms with Gasteiger partial charge in [0.15, 0.2) is 0 Å². The summed E-state index contributed by atoms with van der Waals surface area (Å²) in [4.78, 5) is 16.7. The van der Waals surface area contributed by atoms with Gasteiger partial charge in [-0.15, -0.1) is 11.3 Å². The SMILES string of the molecule is NCC#Cc1ccsc1C(=O)NCCc1cccnc1. The standard InChI is InChI=1S/C15H15N3OS/c16-7-1-4-13-6-10-20-14(13)15(19)18-9-5-12-3-2-8-17-11-12/h2-3,6,8,10-11H,5,7,9,16H2,(H,18,19). The number of nitrogens with two attached hydrogens (primary N) is 1. The van der Waals surface area contributed by atoms with Gasteiger partial charge >= 0.3 is 0 Å². The van der Waals surface area contributed by atoms with Crippen LogP contribution >= 0.6 is 11.3 Å². The third-order valence-electron chi connectivity index (χ3n) is 2.62. The van der Waals surface area contributed by atoms with Gasteiger partial charge in [-0.1, -0.05) is 17.9 Å². The summed E-state index contributed by atoms with van der Waals surface area (Å²) in [5.74, 6) is 5.58. The molecule has 0 aromatic carbocycles. The Kier molecular flexibility index (Phi) is 5.30. The van der Waals surface area contributed by atoms with Crippen LogP contribution in [-0.4, -0.2) is 24.0 Å². The summed E-state index contributed by atoms with van der Waals surface area (Å²) in [5.41, 5.74) is 7.17. The zero-order chi connectivity index (χ0) is 14.2. The van der Waals surface area contributed by atoms with E-state index in [0.717, 1.165) is 17.5 Å². The van der Waals surface area contributed by atoms with E-state index in [-0.39, 0.29) is 12.5 Å². The average molecular weight is 285 g/mol. The molecule has 5 heteroatoms. The molecule has 2 rings (SSSR count). The minimum Gasteiger partial charge on any atom is -0.351 e. The van der Waals surface area contributed by atoms with Crippen molar-refractivity contribution in [1.82, 2.24) is 10.3 Å². The van der Waals surface area contributed by atoms with Crippen molar-refractivity contribution < 1.29 is 4.79 Å². The van der Waals surface area contributed by atoms with E-state index < -0.39 is 0 Å². The summed E-state index contributed by atoms with van der Waals surface area (Å²) >= 11 is 1.39. The van der Waals surface area contributed by atoms with E-state index in [9.17, 15) is 4.79 Å². The zero-order valence-electron chi connectivity index (χ0n) is 10.9. The Hall–Kier alpha value is -2.16. The molecule has 0 saturated heterocycles. The van der Waals surface area contributed by atoms with Crippen molar-refractivity contribution in [2.24, 2.45) is 5.73 Å². The first-order valence-electron chi connectivity index (χ1n) is 6.25. The maximum absolute atomic E-state index is 12.1. The summed E-state index contributed by atoms with van der Waals surface area (Å²) in [5, 5.41) is 4.75. The second-order valence-electron chi connectivity index (χ2n) is 4.04. The fourth-order valence-corrected chi connectivity index (χ4v) is 2.44. The minimum atomic E-state index is -0.0924. The topological polar surface area (TPSA) is 68.0 Å². The maximum Gasteiger partial charge on any atom is 0.262 e. The van der Waals surface area contributed by atoms with Gasteiger partial charge in [0.1, 0.15) is 4.88 Å². The maximum atomic E-state index is 12.1. The predicted molar refractivity (Wildman–Crippen MR) is 80.5 cm³/mol. The van der Waals surface area contributed by atoms with E-state index in [1.807, 2.05) is 23.6 Å². The van der Waals surface area contributed by atoms with Gasteiger partial charge < -0.3 is 11.1 Å². The lowest BCUT2D eigenvalue weighted by molar-refractivity contribution is 0.0958. The smallest absolute Gasteiger partial charge is 0.262 e. The van der Waals surface area contributed by atoms with E-state index in [0.29, 0.717) is 11.4 Å². The third-order valence-corrected chi connectivity index (χ3v) is 3.53. The van der Waals surface area contributed by atoms with Gasteiger partial charge in [0.2, 0.25) is 0 Å². The molecule has 0 fully saturated rings. The molecule has 0 bridgehead atoms. The number of amides is 1. The Labute approximate surface area is 122 Å². The number of rotatable bonds is 4. The van der Waals surface area contributed by atoms with Crippen LogP contribution in [0.2, 0.25) is 0 Å². The minimum absolute atomic E-state index is 0.0924. The molecule has 102 valence electrons. The Bertz CT molecular complexity index is 625. The number of thiophene rings is 1. The van der Waals surface area contributed by atoms with E-state index in [1.165, 1.54) is 11.3 Å². The van der Waals surface area contributed by atoms with E-state index >= 15 is 0 Å². The molecule has 0 saturated carbocycles. The van der Waals surface area contributed by atoms with Crippen molar-refractivity contribution in [2.45, 2.75) is 6.42 Å². The molecule has 0 atom stereocenters. The fourth-order valence-electron chi connectivity index (χ4n) is 1.68. The number of carbonyl (C=O) groups is 1. The Balaban J connectivity index is 1.91. The fraction of sp³-hybridized carbons (Fsp3) is 0.200. The first-order valence-corrected chi connectivity index (χ1v) is 7.12. The molecule has 0 unspecified atom stereocenters. The van der Waals surface area contributed by atoms with Gasteiger partial charge in [-0.3, -0.25) is 9.78 Å². The molecule has 20 heavy (non-hydrogen) atoms. The summed E-state index contributed by atoms with van der Waals surface area (Å²) in [6.07, 6.45) is 4.29. The molecule has 2 heterocycles. The molecule has 3 N–H and O–H groups in total. The second-order valence-corrected chi connectivity index (χ2v) is 4.95. The van der Waals surface area contributed by atoms with Crippen LogP contribution in [0.4, 0.5) is 0 Å².